The van der Waals surface area contributed by atoms with Gasteiger partial charge < -0.3 is 19.3 Å². The van der Waals surface area contributed by atoms with Gasteiger partial charge in [0.2, 0.25) is 5.91 Å². The van der Waals surface area contributed by atoms with Gasteiger partial charge in [0.25, 0.3) is 0 Å². The molecule has 1 aromatic carbocycles. The van der Waals surface area contributed by atoms with Gasteiger partial charge in [0.05, 0.1) is 7.11 Å². The van der Waals surface area contributed by atoms with Crippen LogP contribution in [0.1, 0.15) is 31.9 Å². The maximum Gasteiger partial charge on any atom is 0.326 e. The molecule has 6 nitrogen and oxygen atoms in total. The van der Waals surface area contributed by atoms with Gasteiger partial charge in [-0.3, -0.25) is 9.59 Å². The molecule has 150 valence electrons. The molecule has 0 aliphatic heterocycles. The summed E-state index contributed by atoms with van der Waals surface area (Å²) in [6.45, 7) is 8.39. The third kappa shape index (κ3) is 8.73. The van der Waals surface area contributed by atoms with Gasteiger partial charge in [0, 0.05) is 24.7 Å². The van der Waals surface area contributed by atoms with Crippen molar-refractivity contribution in [3.05, 3.63) is 35.4 Å². The lowest BCUT2D eigenvalue weighted by molar-refractivity contribution is -0.158. The molecular weight excluding hydrogens is 344 g/mol. The van der Waals surface area contributed by atoms with Crippen molar-refractivity contribution in [1.29, 1.82) is 0 Å². The smallest absolute Gasteiger partial charge is 0.326 e. The van der Waals surface area contributed by atoms with Gasteiger partial charge in [-0.15, -0.1) is 0 Å². The molecule has 0 atom stereocenters. The molecule has 0 unspecified atom stereocenters. The van der Waals surface area contributed by atoms with Crippen LogP contribution in [0.4, 0.5) is 0 Å². The topological polar surface area (TPSA) is 59.1 Å². The van der Waals surface area contributed by atoms with E-state index in [2.05, 4.69) is 0 Å². The number of benzene rings is 1. The number of aryl methyl sites for hydroxylation is 1. The zero-order chi connectivity index (χ0) is 20.6. The molecule has 1 amide bonds. The number of amides is 1. The summed E-state index contributed by atoms with van der Waals surface area (Å²) in [5.74, 6) is 0.0269. The minimum absolute atomic E-state index is 0.0841. The van der Waals surface area contributed by atoms with E-state index in [0.717, 1.165) is 11.1 Å². The average molecular weight is 376 g/mol. The second-order valence-corrected chi connectivity index (χ2v) is 7.73. The Labute approximate surface area is 162 Å². The first-order valence-corrected chi connectivity index (χ1v) is 9.00. The van der Waals surface area contributed by atoms with E-state index in [-0.39, 0.29) is 12.5 Å². The number of hydrogen-bond donors (Lipinski definition) is 0. The second-order valence-electron chi connectivity index (χ2n) is 7.73. The highest BCUT2D eigenvalue weighted by Crippen LogP contribution is 2.21. The maximum atomic E-state index is 12.7. The van der Waals surface area contributed by atoms with Crippen LogP contribution >= 0.6 is 0 Å². The van der Waals surface area contributed by atoms with Crippen LogP contribution in [0.2, 0.25) is 0 Å². The number of hydrogen-bond acceptors (Lipinski definition) is 5. The van der Waals surface area contributed by atoms with Crippen molar-refractivity contribution in [2.24, 2.45) is 0 Å². The first kappa shape index (κ1) is 22.7. The molecule has 0 heterocycles. The Morgan fingerprint density at radius 3 is 2.37 bits per heavy atom. The molecule has 27 heavy (non-hydrogen) atoms. The van der Waals surface area contributed by atoms with E-state index in [4.69, 9.17) is 9.47 Å². The third-order valence-corrected chi connectivity index (χ3v) is 3.66. The van der Waals surface area contributed by atoms with Crippen LogP contribution in [0, 0.1) is 6.92 Å². The predicted octanol–water partition coefficient (Wildman–Crippen LogP) is 2.75. The Balaban J connectivity index is 2.92. The molecule has 1 rings (SSSR count). The third-order valence-electron chi connectivity index (χ3n) is 3.66. The predicted molar refractivity (Wildman–Crippen MR) is 108 cm³/mol. The summed E-state index contributed by atoms with van der Waals surface area (Å²) in [5.41, 5.74) is 1.30. The van der Waals surface area contributed by atoms with E-state index in [0.29, 0.717) is 18.8 Å². The van der Waals surface area contributed by atoms with E-state index in [1.54, 1.807) is 34.0 Å². The van der Waals surface area contributed by atoms with Crippen LogP contribution in [-0.4, -0.2) is 68.1 Å². The molecule has 1 aromatic rings. The van der Waals surface area contributed by atoms with E-state index in [9.17, 15) is 9.59 Å². The summed E-state index contributed by atoms with van der Waals surface area (Å²) in [5, 5.41) is 0. The number of carbonyl (C=O) groups is 2. The number of nitrogens with zero attached hydrogens (tertiary/aromatic N) is 2. The summed E-state index contributed by atoms with van der Waals surface area (Å²) in [6.07, 6.45) is 3.18. The summed E-state index contributed by atoms with van der Waals surface area (Å²) in [6, 6.07) is 5.76. The number of likely N-dealkylation sites (N-methyl/N-ethyl adjacent to an activating group) is 1. The SMILES string of the molecule is COc1ccc(C)cc1/C=C/C(=O)N(CCN(C)C)CC(=O)OC(C)(C)C. The highest BCUT2D eigenvalue weighted by atomic mass is 16.6. The molecular formula is C21H32N2O4. The van der Waals surface area contributed by atoms with Crippen molar-refractivity contribution in [2.45, 2.75) is 33.3 Å². The highest BCUT2D eigenvalue weighted by Gasteiger charge is 2.21. The minimum atomic E-state index is -0.585. The lowest BCUT2D eigenvalue weighted by Crippen LogP contribution is -2.41. The van der Waals surface area contributed by atoms with Gasteiger partial charge in [-0.2, -0.15) is 0 Å². The van der Waals surface area contributed by atoms with E-state index in [1.165, 1.54) is 11.0 Å². The van der Waals surface area contributed by atoms with Crippen LogP contribution in [-0.2, 0) is 14.3 Å². The van der Waals surface area contributed by atoms with E-state index < -0.39 is 11.6 Å². The van der Waals surface area contributed by atoms with Gasteiger partial charge in [0.15, 0.2) is 0 Å². The van der Waals surface area contributed by atoms with E-state index in [1.807, 2.05) is 44.1 Å². The lowest BCUT2D eigenvalue weighted by atomic mass is 10.1. The number of esters is 1. The van der Waals surface area contributed by atoms with Gasteiger partial charge >= 0.3 is 5.97 Å². The standard InChI is InChI=1S/C21H32N2O4/c1-16-8-10-18(26-7)17(14-16)9-11-19(24)23(13-12-22(5)6)15-20(25)27-21(2,3)4/h8-11,14H,12-13,15H2,1-7H3/b11-9+. The fourth-order valence-corrected chi connectivity index (χ4v) is 2.37. The fourth-order valence-electron chi connectivity index (χ4n) is 2.37. The molecule has 0 radical (unpaired) electrons. The lowest BCUT2D eigenvalue weighted by Gasteiger charge is -2.25. The molecule has 0 fully saturated rings. The second kappa shape index (κ2) is 10.1. The Morgan fingerprint density at radius 1 is 1.15 bits per heavy atom. The van der Waals surface area contributed by atoms with Crippen molar-refractivity contribution in [3.8, 4) is 5.75 Å². The Hall–Kier alpha value is -2.34. The van der Waals surface area contributed by atoms with Gasteiger partial charge in [0.1, 0.15) is 17.9 Å². The van der Waals surface area contributed by atoms with Crippen molar-refractivity contribution >= 4 is 18.0 Å². The summed E-state index contributed by atoms with van der Waals surface area (Å²) < 4.78 is 10.7. The monoisotopic (exact) mass is 376 g/mol. The number of ether oxygens (including phenoxy) is 2. The fraction of sp³-hybridized carbons (Fsp3) is 0.524. The summed E-state index contributed by atoms with van der Waals surface area (Å²) in [4.78, 5) is 28.3. The first-order chi connectivity index (χ1) is 12.5. The number of rotatable bonds is 8. The van der Waals surface area contributed by atoms with Crippen LogP contribution in [0.15, 0.2) is 24.3 Å². The van der Waals surface area contributed by atoms with Crippen LogP contribution in [0.3, 0.4) is 0 Å². The molecule has 0 aliphatic rings. The van der Waals surface area contributed by atoms with Gasteiger partial charge in [-0.25, -0.2) is 0 Å². The quantitative estimate of drug-likeness (QED) is 0.516. The molecule has 0 aliphatic carbocycles. The molecule has 0 saturated heterocycles. The summed E-state index contributed by atoms with van der Waals surface area (Å²) >= 11 is 0. The van der Waals surface area contributed by atoms with Crippen molar-refractivity contribution < 1.29 is 19.1 Å². The summed E-state index contributed by atoms with van der Waals surface area (Å²) in [7, 11) is 5.43. The van der Waals surface area contributed by atoms with E-state index >= 15 is 0 Å². The zero-order valence-corrected chi connectivity index (χ0v) is 17.5. The Morgan fingerprint density at radius 2 is 1.81 bits per heavy atom. The van der Waals surface area contributed by atoms with Gasteiger partial charge in [-0.05, 0) is 60.0 Å². The van der Waals surface area contributed by atoms with Crippen LogP contribution in [0.5, 0.6) is 5.75 Å². The zero-order valence-electron chi connectivity index (χ0n) is 17.5. The molecule has 0 saturated carbocycles. The van der Waals surface area contributed by atoms with Crippen LogP contribution in [0.25, 0.3) is 6.08 Å². The highest BCUT2D eigenvalue weighted by molar-refractivity contribution is 5.94. The molecule has 0 N–H and O–H groups in total. The van der Waals surface area contributed by atoms with Gasteiger partial charge in [-0.1, -0.05) is 11.6 Å². The normalized spacial score (nSPS) is 11.7. The largest absolute Gasteiger partial charge is 0.496 e. The average Bonchev–Trinajstić information content (AvgIpc) is 2.54. The minimum Gasteiger partial charge on any atom is -0.496 e. The number of carbonyl (C=O) groups excluding carboxylic acids is 2. The first-order valence-electron chi connectivity index (χ1n) is 9.00. The molecule has 0 bridgehead atoms. The number of methoxy groups -OCH3 is 1. The maximum absolute atomic E-state index is 12.7. The molecule has 0 aromatic heterocycles. The Bertz CT molecular complexity index is 675. The van der Waals surface area contributed by atoms with Crippen LogP contribution < -0.4 is 4.74 Å². The molecule has 6 heteroatoms. The Kier molecular flexibility index (Phi) is 8.50. The van der Waals surface area contributed by atoms with Crippen molar-refractivity contribution in [3.63, 3.8) is 0 Å². The molecule has 0 spiro atoms. The van der Waals surface area contributed by atoms with Crippen molar-refractivity contribution in [1.82, 2.24) is 9.80 Å². The van der Waals surface area contributed by atoms with Crippen molar-refractivity contribution in [2.75, 3.05) is 40.8 Å².